The molecule has 0 spiro atoms. The van der Waals surface area contributed by atoms with Crippen molar-refractivity contribution in [3.8, 4) is 0 Å². The molecular formula is C22H39N3O4S. The predicted molar refractivity (Wildman–Crippen MR) is 122 cm³/mol. The summed E-state index contributed by atoms with van der Waals surface area (Å²) in [5, 5.41) is 15.9. The van der Waals surface area contributed by atoms with Crippen LogP contribution in [0.15, 0.2) is 6.20 Å². The number of nitrogens with one attached hydrogen (secondary N) is 2. The Morgan fingerprint density at radius 3 is 2.47 bits per heavy atom. The number of hydrogen-bond donors (Lipinski definition) is 3. The molecule has 2 amide bonds. The Bertz CT molecular complexity index is 675. The number of carbonyl (C=O) groups excluding carboxylic acids is 2. The Labute approximate surface area is 185 Å². The van der Waals surface area contributed by atoms with Crippen LogP contribution >= 0.6 is 11.3 Å². The van der Waals surface area contributed by atoms with E-state index in [1.165, 1.54) is 11.3 Å². The molecule has 8 heteroatoms. The molecule has 172 valence electrons. The van der Waals surface area contributed by atoms with Gasteiger partial charge in [0.15, 0.2) is 5.13 Å². The molecule has 7 nitrogen and oxygen atoms in total. The molecule has 0 aliphatic carbocycles. The number of aliphatic hydroxyl groups excluding tert-OH is 1. The first kappa shape index (κ1) is 26.5. The van der Waals surface area contributed by atoms with Crippen molar-refractivity contribution in [3.63, 3.8) is 0 Å². The lowest BCUT2D eigenvalue weighted by Gasteiger charge is -2.23. The van der Waals surface area contributed by atoms with Crippen molar-refractivity contribution >= 4 is 28.3 Å². The lowest BCUT2D eigenvalue weighted by Crippen LogP contribution is -2.48. The predicted octanol–water partition coefficient (Wildman–Crippen LogP) is 4.08. The van der Waals surface area contributed by atoms with Crippen LogP contribution in [0.1, 0.15) is 84.4 Å². The smallest absolute Gasteiger partial charge is 0.249 e. The van der Waals surface area contributed by atoms with E-state index in [1.54, 1.807) is 21.0 Å². The molecule has 0 bridgehead atoms. The number of carbonyl (C=O) groups is 2. The molecule has 0 aromatic carbocycles. The number of aliphatic hydroxyl groups is 1. The molecule has 1 aromatic rings. The Kier molecular flexibility index (Phi) is 10.9. The van der Waals surface area contributed by atoms with Crippen LogP contribution in [0, 0.1) is 5.92 Å². The minimum atomic E-state index is -1.13. The van der Waals surface area contributed by atoms with E-state index in [1.807, 2.05) is 13.1 Å². The largest absolute Gasteiger partial charge is 0.383 e. The van der Waals surface area contributed by atoms with E-state index in [-0.39, 0.29) is 17.4 Å². The first-order valence-corrected chi connectivity index (χ1v) is 11.6. The average Bonchev–Trinajstić information content (AvgIpc) is 3.15. The van der Waals surface area contributed by atoms with Crippen molar-refractivity contribution in [2.24, 2.45) is 5.92 Å². The van der Waals surface area contributed by atoms with Gasteiger partial charge in [0.2, 0.25) is 11.8 Å². The van der Waals surface area contributed by atoms with Crippen molar-refractivity contribution in [2.45, 2.75) is 97.3 Å². The number of aromatic nitrogens is 1. The molecule has 1 rings (SSSR count). The van der Waals surface area contributed by atoms with Gasteiger partial charge in [-0.15, -0.1) is 11.3 Å². The maximum Gasteiger partial charge on any atom is 0.249 e. The summed E-state index contributed by atoms with van der Waals surface area (Å²) in [7, 11) is 1.74. The highest BCUT2D eigenvalue weighted by Gasteiger charge is 2.26. The number of ether oxygens (including phenoxy) is 1. The molecule has 0 saturated heterocycles. The van der Waals surface area contributed by atoms with Crippen LogP contribution in [0.4, 0.5) is 5.13 Å². The summed E-state index contributed by atoms with van der Waals surface area (Å²) in [6.07, 6.45) is 4.95. The highest BCUT2D eigenvalue weighted by atomic mass is 32.1. The molecule has 1 aromatic heterocycles. The minimum Gasteiger partial charge on any atom is -0.383 e. The zero-order valence-corrected chi connectivity index (χ0v) is 20.3. The SMILES string of the molecule is CCC[C@H](NC(=O)[C@@H](O)C(C)C)C(=O)Nc1ncc([C@@H](C)CCCC(C)(C)OC)s1. The average molecular weight is 442 g/mol. The van der Waals surface area contributed by atoms with Crippen LogP contribution in [0.3, 0.4) is 0 Å². The molecule has 0 aliphatic rings. The second-order valence-corrected chi connectivity index (χ2v) is 9.92. The van der Waals surface area contributed by atoms with Crippen LogP contribution < -0.4 is 10.6 Å². The Morgan fingerprint density at radius 1 is 1.23 bits per heavy atom. The third kappa shape index (κ3) is 8.70. The normalized spacial score (nSPS) is 15.0. The van der Waals surface area contributed by atoms with Crippen molar-refractivity contribution in [1.29, 1.82) is 0 Å². The van der Waals surface area contributed by atoms with Gasteiger partial charge in [0.25, 0.3) is 0 Å². The molecule has 3 atom stereocenters. The third-order valence-electron chi connectivity index (χ3n) is 5.32. The topological polar surface area (TPSA) is 101 Å². The van der Waals surface area contributed by atoms with Gasteiger partial charge in [-0.2, -0.15) is 0 Å². The molecule has 0 radical (unpaired) electrons. The van der Waals surface area contributed by atoms with Crippen LogP contribution in [-0.4, -0.2) is 46.8 Å². The lowest BCUT2D eigenvalue weighted by atomic mass is 9.96. The van der Waals surface area contributed by atoms with E-state index in [2.05, 4.69) is 36.4 Å². The number of methoxy groups -OCH3 is 1. The van der Waals surface area contributed by atoms with Gasteiger partial charge >= 0.3 is 0 Å². The molecular weight excluding hydrogens is 402 g/mol. The second-order valence-electron chi connectivity index (χ2n) is 8.85. The Balaban J connectivity index is 2.65. The van der Waals surface area contributed by atoms with Crippen molar-refractivity contribution in [3.05, 3.63) is 11.1 Å². The molecule has 30 heavy (non-hydrogen) atoms. The fourth-order valence-corrected chi connectivity index (χ4v) is 3.87. The summed E-state index contributed by atoms with van der Waals surface area (Å²) < 4.78 is 5.47. The van der Waals surface area contributed by atoms with Gasteiger partial charge in [-0.25, -0.2) is 4.98 Å². The fraction of sp³-hybridized carbons (Fsp3) is 0.773. The van der Waals surface area contributed by atoms with Crippen LogP contribution in [0.25, 0.3) is 0 Å². The van der Waals surface area contributed by atoms with Crippen molar-refractivity contribution in [2.75, 3.05) is 12.4 Å². The quantitative estimate of drug-likeness (QED) is 0.428. The van der Waals surface area contributed by atoms with E-state index in [0.29, 0.717) is 17.5 Å². The van der Waals surface area contributed by atoms with Gasteiger partial charge in [0.1, 0.15) is 12.1 Å². The number of thiazole rings is 1. The van der Waals surface area contributed by atoms with E-state index < -0.39 is 18.1 Å². The number of anilines is 1. The van der Waals surface area contributed by atoms with Gasteiger partial charge in [0, 0.05) is 18.2 Å². The van der Waals surface area contributed by atoms with Gasteiger partial charge in [0.05, 0.1) is 5.60 Å². The standard InChI is InChI=1S/C22H39N3O4S/c1-8-10-16(24-20(28)18(26)14(2)3)19(27)25-21-23-13-17(30-21)15(4)11-9-12-22(5,6)29-7/h13-16,18,26H,8-12H2,1-7H3,(H,24,28)(H,23,25,27)/t15-,16-,18-/m0/s1. The van der Waals surface area contributed by atoms with Gasteiger partial charge in [-0.05, 0) is 51.4 Å². The van der Waals surface area contributed by atoms with Gasteiger partial charge < -0.3 is 20.5 Å². The van der Waals surface area contributed by atoms with E-state index in [4.69, 9.17) is 4.74 Å². The van der Waals surface area contributed by atoms with Crippen LogP contribution in [0.5, 0.6) is 0 Å². The Hall–Kier alpha value is -1.51. The van der Waals surface area contributed by atoms with Gasteiger partial charge in [-0.1, -0.05) is 34.1 Å². The number of nitrogens with zero attached hydrogens (tertiary/aromatic N) is 1. The summed E-state index contributed by atoms with van der Waals surface area (Å²) >= 11 is 1.46. The number of amides is 2. The molecule has 0 unspecified atom stereocenters. The summed E-state index contributed by atoms with van der Waals surface area (Å²) in [6, 6.07) is -0.697. The summed E-state index contributed by atoms with van der Waals surface area (Å²) in [5.74, 6) is -0.705. The monoisotopic (exact) mass is 441 g/mol. The summed E-state index contributed by atoms with van der Waals surface area (Å²) in [5.41, 5.74) is -0.117. The van der Waals surface area contributed by atoms with Crippen LogP contribution in [-0.2, 0) is 14.3 Å². The maximum atomic E-state index is 12.7. The zero-order valence-electron chi connectivity index (χ0n) is 19.4. The minimum absolute atomic E-state index is 0.117. The Morgan fingerprint density at radius 2 is 1.90 bits per heavy atom. The first-order chi connectivity index (χ1) is 14.0. The molecule has 0 fully saturated rings. The zero-order chi connectivity index (χ0) is 22.9. The highest BCUT2D eigenvalue weighted by molar-refractivity contribution is 7.15. The summed E-state index contributed by atoms with van der Waals surface area (Å²) in [4.78, 5) is 30.3. The van der Waals surface area contributed by atoms with Gasteiger partial charge in [-0.3, -0.25) is 9.59 Å². The first-order valence-electron chi connectivity index (χ1n) is 10.8. The molecule has 1 heterocycles. The third-order valence-corrected chi connectivity index (χ3v) is 6.46. The molecule has 3 N–H and O–H groups in total. The van der Waals surface area contributed by atoms with E-state index in [9.17, 15) is 14.7 Å². The van der Waals surface area contributed by atoms with E-state index in [0.717, 1.165) is 30.6 Å². The fourth-order valence-electron chi connectivity index (χ4n) is 2.96. The second kappa shape index (κ2) is 12.4. The van der Waals surface area contributed by atoms with E-state index >= 15 is 0 Å². The highest BCUT2D eigenvalue weighted by Crippen LogP contribution is 2.30. The lowest BCUT2D eigenvalue weighted by molar-refractivity contribution is -0.134. The molecule has 0 aliphatic heterocycles. The summed E-state index contributed by atoms with van der Waals surface area (Å²) in [6.45, 7) is 11.8. The maximum absolute atomic E-state index is 12.7. The van der Waals surface area contributed by atoms with Crippen LogP contribution in [0.2, 0.25) is 0 Å². The number of rotatable bonds is 13. The van der Waals surface area contributed by atoms with Crippen molar-refractivity contribution < 1.29 is 19.4 Å². The van der Waals surface area contributed by atoms with Crippen molar-refractivity contribution in [1.82, 2.24) is 10.3 Å². The number of hydrogen-bond acceptors (Lipinski definition) is 6. The molecule has 0 saturated carbocycles.